The summed E-state index contributed by atoms with van der Waals surface area (Å²) in [5.74, 6) is 1.85. The van der Waals surface area contributed by atoms with Crippen molar-refractivity contribution in [1.29, 1.82) is 0 Å². The fourth-order valence-electron chi connectivity index (χ4n) is 2.31. The molecule has 120 valence electrons. The molecule has 1 heterocycles. The van der Waals surface area contributed by atoms with Crippen LogP contribution < -0.4 is 19.5 Å². The summed E-state index contributed by atoms with van der Waals surface area (Å²) in [7, 11) is 0. The summed E-state index contributed by atoms with van der Waals surface area (Å²) in [5, 5.41) is 2.80. The largest absolute Gasteiger partial charge is 0.492 e. The highest BCUT2D eigenvalue weighted by atomic mass is 16.6. The second kappa shape index (κ2) is 7.05. The predicted octanol–water partition coefficient (Wildman–Crippen LogP) is 2.33. The number of hydrogen-bond acceptors (Lipinski definition) is 4. The van der Waals surface area contributed by atoms with E-state index in [1.807, 2.05) is 49.4 Å². The SMILES string of the molecule is Cc1cccc(OCCNC(=O)C2COc3ccccc3O2)c1. The Balaban J connectivity index is 1.43. The van der Waals surface area contributed by atoms with E-state index >= 15 is 0 Å². The average Bonchev–Trinajstić information content (AvgIpc) is 2.58. The first kappa shape index (κ1) is 15.2. The fourth-order valence-corrected chi connectivity index (χ4v) is 2.31. The molecule has 1 aliphatic heterocycles. The van der Waals surface area contributed by atoms with Crippen LogP contribution in [0.4, 0.5) is 0 Å². The number of hydrogen-bond donors (Lipinski definition) is 1. The lowest BCUT2D eigenvalue weighted by Gasteiger charge is -2.25. The van der Waals surface area contributed by atoms with Crippen molar-refractivity contribution in [1.82, 2.24) is 5.32 Å². The number of nitrogens with one attached hydrogen (secondary N) is 1. The summed E-state index contributed by atoms with van der Waals surface area (Å²) in [5.41, 5.74) is 1.14. The van der Waals surface area contributed by atoms with Crippen molar-refractivity contribution in [2.24, 2.45) is 0 Å². The summed E-state index contributed by atoms with van der Waals surface area (Å²) in [6, 6.07) is 15.1. The zero-order valence-electron chi connectivity index (χ0n) is 13.0. The van der Waals surface area contributed by atoms with Gasteiger partial charge >= 0.3 is 0 Å². The summed E-state index contributed by atoms with van der Waals surface area (Å²) < 4.78 is 16.8. The van der Waals surface area contributed by atoms with Crippen molar-refractivity contribution >= 4 is 5.91 Å². The van der Waals surface area contributed by atoms with Gasteiger partial charge < -0.3 is 19.5 Å². The van der Waals surface area contributed by atoms with Crippen LogP contribution >= 0.6 is 0 Å². The monoisotopic (exact) mass is 313 g/mol. The maximum Gasteiger partial charge on any atom is 0.264 e. The van der Waals surface area contributed by atoms with Gasteiger partial charge in [0.2, 0.25) is 6.10 Å². The van der Waals surface area contributed by atoms with Crippen molar-refractivity contribution in [3.05, 3.63) is 54.1 Å². The van der Waals surface area contributed by atoms with E-state index in [4.69, 9.17) is 14.2 Å². The summed E-state index contributed by atoms with van der Waals surface area (Å²) in [6.45, 7) is 3.03. The van der Waals surface area contributed by atoms with E-state index in [-0.39, 0.29) is 12.5 Å². The summed E-state index contributed by atoms with van der Waals surface area (Å²) >= 11 is 0. The molecule has 1 unspecified atom stereocenters. The Labute approximate surface area is 135 Å². The van der Waals surface area contributed by atoms with Crippen molar-refractivity contribution < 1.29 is 19.0 Å². The average molecular weight is 313 g/mol. The maximum atomic E-state index is 12.1. The Morgan fingerprint density at radius 1 is 1.22 bits per heavy atom. The predicted molar refractivity (Wildman–Crippen MR) is 86.0 cm³/mol. The number of rotatable bonds is 5. The van der Waals surface area contributed by atoms with Crippen LogP contribution in [0.5, 0.6) is 17.2 Å². The highest BCUT2D eigenvalue weighted by Crippen LogP contribution is 2.30. The van der Waals surface area contributed by atoms with Crippen molar-refractivity contribution in [3.63, 3.8) is 0 Å². The number of carbonyl (C=O) groups is 1. The molecule has 5 heteroatoms. The number of aryl methyl sites for hydroxylation is 1. The Hall–Kier alpha value is -2.69. The molecule has 3 rings (SSSR count). The number of carbonyl (C=O) groups excluding carboxylic acids is 1. The molecule has 0 saturated heterocycles. The Morgan fingerprint density at radius 3 is 2.87 bits per heavy atom. The van der Waals surface area contributed by atoms with Gasteiger partial charge in [-0.1, -0.05) is 24.3 Å². The third kappa shape index (κ3) is 3.94. The first-order valence-electron chi connectivity index (χ1n) is 7.58. The zero-order chi connectivity index (χ0) is 16.1. The Morgan fingerprint density at radius 2 is 2.04 bits per heavy atom. The molecule has 1 atom stereocenters. The topological polar surface area (TPSA) is 56.8 Å². The second-order valence-electron chi connectivity index (χ2n) is 5.32. The lowest BCUT2D eigenvalue weighted by Crippen LogP contribution is -2.45. The van der Waals surface area contributed by atoms with Gasteiger partial charge in [0.15, 0.2) is 11.5 Å². The van der Waals surface area contributed by atoms with Gasteiger partial charge in [-0.15, -0.1) is 0 Å². The first-order valence-corrected chi connectivity index (χ1v) is 7.58. The van der Waals surface area contributed by atoms with Gasteiger partial charge in [0.05, 0.1) is 6.54 Å². The lowest BCUT2D eigenvalue weighted by atomic mass is 10.2. The molecule has 0 aliphatic carbocycles. The Bertz CT molecular complexity index is 686. The molecule has 0 fully saturated rings. The number of amides is 1. The number of benzene rings is 2. The minimum atomic E-state index is -0.635. The van der Waals surface area contributed by atoms with E-state index < -0.39 is 6.10 Å². The molecule has 2 aromatic rings. The van der Waals surface area contributed by atoms with Gasteiger partial charge in [-0.05, 0) is 36.8 Å². The van der Waals surface area contributed by atoms with Gasteiger partial charge in [-0.3, -0.25) is 4.79 Å². The lowest BCUT2D eigenvalue weighted by molar-refractivity contribution is -0.130. The molecule has 0 spiro atoms. The van der Waals surface area contributed by atoms with Gasteiger partial charge in [-0.2, -0.15) is 0 Å². The smallest absolute Gasteiger partial charge is 0.264 e. The molecule has 0 aromatic heterocycles. The molecule has 23 heavy (non-hydrogen) atoms. The van der Waals surface area contributed by atoms with Crippen LogP contribution in [-0.4, -0.2) is 31.8 Å². The van der Waals surface area contributed by atoms with Gasteiger partial charge in [-0.25, -0.2) is 0 Å². The van der Waals surface area contributed by atoms with Crippen LogP contribution in [0.1, 0.15) is 5.56 Å². The summed E-state index contributed by atoms with van der Waals surface area (Å²) in [4.78, 5) is 12.1. The Kier molecular flexibility index (Phi) is 4.66. The minimum Gasteiger partial charge on any atom is -0.492 e. The van der Waals surface area contributed by atoms with Gasteiger partial charge in [0.25, 0.3) is 5.91 Å². The van der Waals surface area contributed by atoms with Crippen molar-refractivity contribution in [3.8, 4) is 17.2 Å². The van der Waals surface area contributed by atoms with E-state index in [1.54, 1.807) is 6.07 Å². The fraction of sp³-hybridized carbons (Fsp3) is 0.278. The normalized spacial score (nSPS) is 15.8. The highest BCUT2D eigenvalue weighted by molar-refractivity contribution is 5.81. The number of ether oxygens (including phenoxy) is 3. The second-order valence-corrected chi connectivity index (χ2v) is 5.32. The van der Waals surface area contributed by atoms with E-state index in [0.717, 1.165) is 11.3 Å². The minimum absolute atomic E-state index is 0.202. The van der Waals surface area contributed by atoms with Crippen molar-refractivity contribution in [2.75, 3.05) is 19.8 Å². The van der Waals surface area contributed by atoms with Crippen LogP contribution in [0.3, 0.4) is 0 Å². The molecule has 0 bridgehead atoms. The molecular weight excluding hydrogens is 294 g/mol. The number of para-hydroxylation sites is 2. The molecule has 1 aliphatic rings. The molecule has 0 saturated carbocycles. The van der Waals surface area contributed by atoms with Crippen LogP contribution in [0.2, 0.25) is 0 Å². The third-order valence-corrected chi connectivity index (χ3v) is 3.46. The molecule has 2 aromatic carbocycles. The van der Waals surface area contributed by atoms with Crippen LogP contribution in [0.15, 0.2) is 48.5 Å². The van der Waals surface area contributed by atoms with Crippen LogP contribution in [-0.2, 0) is 4.79 Å². The van der Waals surface area contributed by atoms with E-state index in [2.05, 4.69) is 5.32 Å². The maximum absolute atomic E-state index is 12.1. The third-order valence-electron chi connectivity index (χ3n) is 3.46. The molecule has 1 amide bonds. The molecule has 0 radical (unpaired) electrons. The van der Waals surface area contributed by atoms with Gasteiger partial charge in [0, 0.05) is 0 Å². The summed E-state index contributed by atoms with van der Waals surface area (Å²) in [6.07, 6.45) is -0.635. The number of fused-ring (bicyclic) bond motifs is 1. The quantitative estimate of drug-likeness (QED) is 0.861. The van der Waals surface area contributed by atoms with Crippen LogP contribution in [0, 0.1) is 6.92 Å². The first-order chi connectivity index (χ1) is 11.2. The highest BCUT2D eigenvalue weighted by Gasteiger charge is 2.26. The van der Waals surface area contributed by atoms with E-state index in [1.165, 1.54) is 0 Å². The molecule has 1 N–H and O–H groups in total. The van der Waals surface area contributed by atoms with E-state index in [9.17, 15) is 4.79 Å². The molecule has 5 nitrogen and oxygen atoms in total. The zero-order valence-corrected chi connectivity index (χ0v) is 13.0. The van der Waals surface area contributed by atoms with Gasteiger partial charge in [0.1, 0.15) is 19.0 Å². The van der Waals surface area contributed by atoms with Crippen molar-refractivity contribution in [2.45, 2.75) is 13.0 Å². The standard InChI is InChI=1S/C18H19NO4/c1-13-5-4-6-14(11-13)21-10-9-19-18(20)17-12-22-15-7-2-3-8-16(15)23-17/h2-8,11,17H,9-10,12H2,1H3,(H,19,20). The molecular formula is C18H19NO4. The van der Waals surface area contributed by atoms with E-state index in [0.29, 0.717) is 24.7 Å². The van der Waals surface area contributed by atoms with Crippen LogP contribution in [0.25, 0.3) is 0 Å².